The van der Waals surface area contributed by atoms with Crippen molar-refractivity contribution in [2.75, 3.05) is 20.3 Å². The fourth-order valence-corrected chi connectivity index (χ4v) is 3.08. The normalized spacial score (nSPS) is 21.2. The number of amides is 1. The Balaban J connectivity index is 1.44. The van der Waals surface area contributed by atoms with Gasteiger partial charge in [-0.15, -0.1) is 0 Å². The summed E-state index contributed by atoms with van der Waals surface area (Å²) in [5.41, 5.74) is 2.28. The maximum absolute atomic E-state index is 11.5. The molecule has 1 aliphatic rings. The van der Waals surface area contributed by atoms with Crippen LogP contribution in [0.1, 0.15) is 11.1 Å². The van der Waals surface area contributed by atoms with E-state index in [-0.39, 0.29) is 17.9 Å². The van der Waals surface area contributed by atoms with Crippen molar-refractivity contribution in [3.05, 3.63) is 71.8 Å². The van der Waals surface area contributed by atoms with Gasteiger partial charge in [0.05, 0.1) is 33.5 Å². The smallest absolute Gasteiger partial charge is 0.407 e. The molecule has 5 nitrogen and oxygen atoms in total. The number of rotatable bonds is 9. The average Bonchev–Trinajstić information content (AvgIpc) is 3.33. The highest BCUT2D eigenvalue weighted by Crippen LogP contribution is 2.40. The number of alkyl carbamates (subject to hydrolysis) is 1. The Morgan fingerprint density at radius 3 is 1.73 bits per heavy atom. The predicted octanol–water partition coefficient (Wildman–Crippen LogP) is 3.39. The first-order valence-corrected chi connectivity index (χ1v) is 8.85. The number of benzene rings is 2. The summed E-state index contributed by atoms with van der Waals surface area (Å²) in [5, 5.41) is 2.88. The molecule has 1 amide bonds. The molecule has 1 fully saturated rings. The SMILES string of the molecule is COC(=O)NC1[C@@H](COCc2ccccc2)[C@H]1COCc1ccccc1. The third-order valence-corrected chi connectivity index (χ3v) is 4.65. The summed E-state index contributed by atoms with van der Waals surface area (Å²) in [6.45, 7) is 2.31. The maximum atomic E-state index is 11.5. The van der Waals surface area contributed by atoms with E-state index in [4.69, 9.17) is 14.2 Å². The number of methoxy groups -OCH3 is 1. The average molecular weight is 355 g/mol. The molecule has 3 atom stereocenters. The molecule has 1 unspecified atom stereocenters. The first-order valence-electron chi connectivity index (χ1n) is 8.85. The second-order valence-corrected chi connectivity index (χ2v) is 6.49. The Morgan fingerprint density at radius 1 is 0.846 bits per heavy atom. The maximum Gasteiger partial charge on any atom is 0.407 e. The molecule has 0 bridgehead atoms. The van der Waals surface area contributed by atoms with Crippen LogP contribution in [0.5, 0.6) is 0 Å². The summed E-state index contributed by atoms with van der Waals surface area (Å²) >= 11 is 0. The van der Waals surface area contributed by atoms with Gasteiger partial charge in [0.25, 0.3) is 0 Å². The molecule has 0 radical (unpaired) electrons. The van der Waals surface area contributed by atoms with Crippen LogP contribution < -0.4 is 5.32 Å². The lowest BCUT2D eigenvalue weighted by atomic mass is 10.2. The third-order valence-electron chi connectivity index (χ3n) is 4.65. The molecular formula is C21H25NO4. The van der Waals surface area contributed by atoms with Crippen LogP contribution >= 0.6 is 0 Å². The van der Waals surface area contributed by atoms with Gasteiger partial charge in [-0.05, 0) is 11.1 Å². The van der Waals surface area contributed by atoms with Crippen LogP contribution in [0.2, 0.25) is 0 Å². The summed E-state index contributed by atoms with van der Waals surface area (Å²) in [6, 6.07) is 20.2. The molecule has 0 aromatic heterocycles. The topological polar surface area (TPSA) is 56.8 Å². The minimum absolute atomic E-state index is 0.0361. The molecule has 1 aliphatic carbocycles. The lowest BCUT2D eigenvalue weighted by molar-refractivity contribution is 0.0840. The van der Waals surface area contributed by atoms with E-state index in [1.165, 1.54) is 7.11 Å². The molecule has 5 heteroatoms. The van der Waals surface area contributed by atoms with E-state index < -0.39 is 6.09 Å². The minimum atomic E-state index is -0.409. The standard InChI is InChI=1S/C21H25NO4/c1-24-21(23)22-20-18(14-25-12-16-8-4-2-5-9-16)19(20)15-26-13-17-10-6-3-7-11-17/h2-11,18-20H,12-15H2,1H3,(H,22,23)/t18-,19+,20?. The van der Waals surface area contributed by atoms with Crippen molar-refractivity contribution in [2.45, 2.75) is 19.3 Å². The Morgan fingerprint density at radius 2 is 1.31 bits per heavy atom. The molecular weight excluding hydrogens is 330 g/mol. The number of nitrogens with one attached hydrogen (secondary N) is 1. The van der Waals surface area contributed by atoms with Crippen molar-refractivity contribution < 1.29 is 19.0 Å². The summed E-state index contributed by atoms with van der Waals surface area (Å²) in [5.74, 6) is 0.488. The van der Waals surface area contributed by atoms with E-state index in [9.17, 15) is 4.79 Å². The molecule has 138 valence electrons. The van der Waals surface area contributed by atoms with Crippen LogP contribution in [0, 0.1) is 11.8 Å². The molecule has 1 saturated carbocycles. The van der Waals surface area contributed by atoms with Gasteiger partial charge in [-0.1, -0.05) is 60.7 Å². The Kier molecular flexibility index (Phi) is 6.63. The molecule has 0 aliphatic heterocycles. The van der Waals surface area contributed by atoms with Gasteiger partial charge >= 0.3 is 6.09 Å². The highest BCUT2D eigenvalue weighted by Gasteiger charge is 2.51. The van der Waals surface area contributed by atoms with Crippen molar-refractivity contribution in [3.63, 3.8) is 0 Å². The lowest BCUT2D eigenvalue weighted by Gasteiger charge is -2.05. The first kappa shape index (κ1) is 18.4. The van der Waals surface area contributed by atoms with E-state index >= 15 is 0 Å². The molecule has 26 heavy (non-hydrogen) atoms. The van der Waals surface area contributed by atoms with Gasteiger partial charge in [0.15, 0.2) is 0 Å². The van der Waals surface area contributed by atoms with E-state index in [2.05, 4.69) is 5.32 Å². The molecule has 3 rings (SSSR count). The van der Waals surface area contributed by atoms with Crippen LogP contribution in [0.25, 0.3) is 0 Å². The van der Waals surface area contributed by atoms with Gasteiger partial charge in [-0.25, -0.2) is 4.79 Å². The Hall–Kier alpha value is -2.37. The van der Waals surface area contributed by atoms with E-state index in [0.29, 0.717) is 26.4 Å². The number of carbonyl (C=O) groups excluding carboxylic acids is 1. The second kappa shape index (κ2) is 9.36. The van der Waals surface area contributed by atoms with Crippen molar-refractivity contribution in [2.24, 2.45) is 11.8 Å². The summed E-state index contributed by atoms with van der Waals surface area (Å²) < 4.78 is 16.4. The van der Waals surface area contributed by atoms with Crippen molar-refractivity contribution in [1.29, 1.82) is 0 Å². The summed E-state index contributed by atoms with van der Waals surface area (Å²) in [7, 11) is 1.37. The van der Waals surface area contributed by atoms with E-state index in [0.717, 1.165) is 11.1 Å². The van der Waals surface area contributed by atoms with Crippen molar-refractivity contribution >= 4 is 6.09 Å². The van der Waals surface area contributed by atoms with Gasteiger partial charge in [0, 0.05) is 17.9 Å². The van der Waals surface area contributed by atoms with Crippen LogP contribution in [0.4, 0.5) is 4.79 Å². The zero-order valence-corrected chi connectivity index (χ0v) is 15.0. The van der Waals surface area contributed by atoms with Crippen LogP contribution in [-0.4, -0.2) is 32.5 Å². The largest absolute Gasteiger partial charge is 0.453 e. The number of hydrogen-bond donors (Lipinski definition) is 1. The number of hydrogen-bond acceptors (Lipinski definition) is 4. The fraction of sp³-hybridized carbons (Fsp3) is 0.381. The number of carbonyl (C=O) groups is 1. The van der Waals surface area contributed by atoms with Crippen molar-refractivity contribution in [3.8, 4) is 0 Å². The molecule has 0 spiro atoms. The summed E-state index contributed by atoms with van der Waals surface area (Å²) in [4.78, 5) is 11.5. The van der Waals surface area contributed by atoms with Crippen LogP contribution in [0.15, 0.2) is 60.7 Å². The second-order valence-electron chi connectivity index (χ2n) is 6.49. The fourth-order valence-electron chi connectivity index (χ4n) is 3.08. The highest BCUT2D eigenvalue weighted by molar-refractivity contribution is 5.68. The van der Waals surface area contributed by atoms with Gasteiger partial charge in [0.1, 0.15) is 0 Å². The Bertz CT molecular complexity index is 625. The zero-order valence-electron chi connectivity index (χ0n) is 15.0. The molecule has 1 N–H and O–H groups in total. The Labute approximate surface area is 154 Å². The quantitative estimate of drug-likeness (QED) is 0.749. The van der Waals surface area contributed by atoms with E-state index in [1.54, 1.807) is 0 Å². The van der Waals surface area contributed by atoms with Gasteiger partial charge in [-0.2, -0.15) is 0 Å². The monoisotopic (exact) mass is 355 g/mol. The molecule has 0 heterocycles. The van der Waals surface area contributed by atoms with E-state index in [1.807, 2.05) is 60.7 Å². The van der Waals surface area contributed by atoms with Gasteiger partial charge in [-0.3, -0.25) is 0 Å². The summed E-state index contributed by atoms with van der Waals surface area (Å²) in [6.07, 6.45) is -0.409. The molecule has 2 aromatic rings. The highest BCUT2D eigenvalue weighted by atomic mass is 16.5. The number of ether oxygens (including phenoxy) is 3. The van der Waals surface area contributed by atoms with Gasteiger partial charge in [0.2, 0.25) is 0 Å². The van der Waals surface area contributed by atoms with Crippen molar-refractivity contribution in [1.82, 2.24) is 5.32 Å². The van der Waals surface area contributed by atoms with Gasteiger partial charge < -0.3 is 19.5 Å². The van der Waals surface area contributed by atoms with Crippen LogP contribution in [0.3, 0.4) is 0 Å². The first-order chi connectivity index (χ1) is 12.8. The minimum Gasteiger partial charge on any atom is -0.453 e. The third kappa shape index (κ3) is 5.31. The zero-order chi connectivity index (χ0) is 18.2. The predicted molar refractivity (Wildman–Crippen MR) is 98.5 cm³/mol. The van der Waals surface area contributed by atoms with Crippen LogP contribution in [-0.2, 0) is 27.4 Å². The molecule has 0 saturated heterocycles. The lowest BCUT2D eigenvalue weighted by Crippen LogP contribution is -2.28. The molecule has 2 aromatic carbocycles.